The molecule has 0 aromatic carbocycles. The molecular weight excluding hydrogens is 258 g/mol. The lowest BCUT2D eigenvalue weighted by atomic mass is 9.80. The molecule has 0 aliphatic heterocycles. The first-order chi connectivity index (χ1) is 7.24. The standard InChI is InChI=1S/C10H14BrN3O/c1-15-10(3-2-4-10)7-14-9-12-5-8(11)6-13-9/h5-6H,2-4,7H2,1H3,(H,12,13,14). The van der Waals surface area contributed by atoms with Crippen molar-refractivity contribution < 1.29 is 4.74 Å². The van der Waals surface area contributed by atoms with Crippen molar-refractivity contribution in [3.05, 3.63) is 16.9 Å². The van der Waals surface area contributed by atoms with Crippen LogP contribution in [0.5, 0.6) is 0 Å². The summed E-state index contributed by atoms with van der Waals surface area (Å²) in [6.45, 7) is 0.783. The number of nitrogens with one attached hydrogen (secondary N) is 1. The van der Waals surface area contributed by atoms with Crippen LogP contribution in [0.1, 0.15) is 19.3 Å². The number of anilines is 1. The lowest BCUT2D eigenvalue weighted by molar-refractivity contribution is -0.0602. The number of hydrogen-bond donors (Lipinski definition) is 1. The highest BCUT2D eigenvalue weighted by atomic mass is 79.9. The van der Waals surface area contributed by atoms with Crippen LogP contribution in [0.2, 0.25) is 0 Å². The van der Waals surface area contributed by atoms with Crippen molar-refractivity contribution in [2.45, 2.75) is 24.9 Å². The van der Waals surface area contributed by atoms with Crippen molar-refractivity contribution in [1.29, 1.82) is 0 Å². The lowest BCUT2D eigenvalue weighted by Gasteiger charge is -2.40. The monoisotopic (exact) mass is 271 g/mol. The van der Waals surface area contributed by atoms with E-state index in [-0.39, 0.29) is 5.60 Å². The van der Waals surface area contributed by atoms with Crippen LogP contribution < -0.4 is 5.32 Å². The lowest BCUT2D eigenvalue weighted by Crippen LogP contribution is -2.45. The van der Waals surface area contributed by atoms with Crippen molar-refractivity contribution >= 4 is 21.9 Å². The molecule has 0 amide bonds. The van der Waals surface area contributed by atoms with Crippen molar-refractivity contribution in [3.63, 3.8) is 0 Å². The summed E-state index contributed by atoms with van der Waals surface area (Å²) in [7, 11) is 1.77. The Morgan fingerprint density at radius 2 is 2.13 bits per heavy atom. The van der Waals surface area contributed by atoms with Gasteiger partial charge < -0.3 is 10.1 Å². The topological polar surface area (TPSA) is 47.0 Å². The summed E-state index contributed by atoms with van der Waals surface area (Å²) in [6.07, 6.45) is 6.95. The van der Waals surface area contributed by atoms with E-state index >= 15 is 0 Å². The first kappa shape index (κ1) is 10.8. The summed E-state index contributed by atoms with van der Waals surface area (Å²) in [5, 5.41) is 3.20. The van der Waals surface area contributed by atoms with Crippen LogP contribution in [0.4, 0.5) is 5.95 Å². The minimum absolute atomic E-state index is 0.0104. The summed E-state index contributed by atoms with van der Waals surface area (Å²) < 4.78 is 6.38. The van der Waals surface area contributed by atoms with E-state index in [0.717, 1.165) is 23.9 Å². The number of methoxy groups -OCH3 is 1. The van der Waals surface area contributed by atoms with Crippen LogP contribution in [0.25, 0.3) is 0 Å². The molecule has 1 fully saturated rings. The summed E-state index contributed by atoms with van der Waals surface area (Å²) in [5.74, 6) is 0.654. The van der Waals surface area contributed by atoms with E-state index in [0.29, 0.717) is 5.95 Å². The molecule has 5 heteroatoms. The van der Waals surface area contributed by atoms with Gasteiger partial charge in [0.25, 0.3) is 0 Å². The molecule has 2 rings (SSSR count). The zero-order valence-electron chi connectivity index (χ0n) is 8.66. The minimum atomic E-state index is 0.0104. The maximum absolute atomic E-state index is 5.49. The maximum Gasteiger partial charge on any atom is 0.222 e. The smallest absolute Gasteiger partial charge is 0.222 e. The van der Waals surface area contributed by atoms with Gasteiger partial charge in [0.2, 0.25) is 5.95 Å². The molecule has 1 aliphatic rings. The molecular formula is C10H14BrN3O. The number of ether oxygens (including phenoxy) is 1. The second-order valence-corrected chi connectivity index (χ2v) is 4.73. The molecule has 1 N–H and O–H groups in total. The van der Waals surface area contributed by atoms with Crippen molar-refractivity contribution in [1.82, 2.24) is 9.97 Å². The van der Waals surface area contributed by atoms with E-state index in [1.54, 1.807) is 19.5 Å². The predicted molar refractivity (Wildman–Crippen MR) is 61.8 cm³/mol. The first-order valence-electron chi connectivity index (χ1n) is 5.01. The van der Waals surface area contributed by atoms with Gasteiger partial charge in [-0.3, -0.25) is 0 Å². The summed E-state index contributed by atoms with van der Waals surface area (Å²) in [5.41, 5.74) is 0.0104. The molecule has 4 nitrogen and oxygen atoms in total. The predicted octanol–water partition coefficient (Wildman–Crippen LogP) is 2.22. The Kier molecular flexibility index (Phi) is 3.21. The Hall–Kier alpha value is -0.680. The SMILES string of the molecule is COC1(CNc2ncc(Br)cn2)CCC1. The van der Waals surface area contributed by atoms with E-state index in [2.05, 4.69) is 31.2 Å². The largest absolute Gasteiger partial charge is 0.376 e. The maximum atomic E-state index is 5.49. The second kappa shape index (κ2) is 4.45. The molecule has 82 valence electrons. The zero-order valence-corrected chi connectivity index (χ0v) is 10.2. The van der Waals surface area contributed by atoms with E-state index in [9.17, 15) is 0 Å². The Balaban J connectivity index is 1.90. The molecule has 1 aromatic rings. The van der Waals surface area contributed by atoms with Gasteiger partial charge in [-0.05, 0) is 35.2 Å². The van der Waals surface area contributed by atoms with Gasteiger partial charge in [-0.2, -0.15) is 0 Å². The third-order valence-electron chi connectivity index (χ3n) is 2.89. The Labute approximate surface area is 97.6 Å². The van der Waals surface area contributed by atoms with Gasteiger partial charge in [0.05, 0.1) is 10.1 Å². The average molecular weight is 272 g/mol. The van der Waals surface area contributed by atoms with Crippen molar-refractivity contribution in [2.75, 3.05) is 19.0 Å². The molecule has 1 heterocycles. The highest BCUT2D eigenvalue weighted by Crippen LogP contribution is 2.34. The quantitative estimate of drug-likeness (QED) is 0.913. The Morgan fingerprint density at radius 3 is 2.60 bits per heavy atom. The number of aromatic nitrogens is 2. The van der Waals surface area contributed by atoms with E-state index in [4.69, 9.17) is 4.74 Å². The van der Waals surface area contributed by atoms with Gasteiger partial charge in [-0.1, -0.05) is 0 Å². The van der Waals surface area contributed by atoms with E-state index in [1.165, 1.54) is 6.42 Å². The molecule has 0 radical (unpaired) electrons. The average Bonchev–Trinajstić information content (AvgIpc) is 2.20. The Bertz CT molecular complexity index is 318. The summed E-state index contributed by atoms with van der Waals surface area (Å²) in [6, 6.07) is 0. The number of rotatable bonds is 4. The molecule has 1 aliphatic carbocycles. The molecule has 15 heavy (non-hydrogen) atoms. The van der Waals surface area contributed by atoms with Crippen LogP contribution in [-0.2, 0) is 4.74 Å². The van der Waals surface area contributed by atoms with Crippen LogP contribution in [0, 0.1) is 0 Å². The fourth-order valence-electron chi connectivity index (χ4n) is 1.67. The fourth-order valence-corrected chi connectivity index (χ4v) is 1.87. The third kappa shape index (κ3) is 2.46. The third-order valence-corrected chi connectivity index (χ3v) is 3.30. The molecule has 1 saturated carbocycles. The van der Waals surface area contributed by atoms with Gasteiger partial charge in [-0.15, -0.1) is 0 Å². The Morgan fingerprint density at radius 1 is 1.47 bits per heavy atom. The highest BCUT2D eigenvalue weighted by Gasteiger charge is 2.36. The van der Waals surface area contributed by atoms with E-state index in [1.807, 2.05) is 0 Å². The normalized spacial score (nSPS) is 18.3. The van der Waals surface area contributed by atoms with E-state index < -0.39 is 0 Å². The highest BCUT2D eigenvalue weighted by molar-refractivity contribution is 9.10. The number of nitrogens with zero attached hydrogens (tertiary/aromatic N) is 2. The molecule has 0 saturated heterocycles. The van der Waals surface area contributed by atoms with Gasteiger partial charge in [0.1, 0.15) is 0 Å². The van der Waals surface area contributed by atoms with Crippen LogP contribution in [0.3, 0.4) is 0 Å². The first-order valence-corrected chi connectivity index (χ1v) is 5.80. The molecule has 0 spiro atoms. The fraction of sp³-hybridized carbons (Fsp3) is 0.600. The van der Waals surface area contributed by atoms with Gasteiger partial charge in [0.15, 0.2) is 0 Å². The molecule has 0 bridgehead atoms. The van der Waals surface area contributed by atoms with Gasteiger partial charge >= 0.3 is 0 Å². The zero-order chi connectivity index (χ0) is 10.7. The van der Waals surface area contributed by atoms with Crippen molar-refractivity contribution in [2.24, 2.45) is 0 Å². The minimum Gasteiger partial charge on any atom is -0.376 e. The van der Waals surface area contributed by atoms with Crippen LogP contribution in [0.15, 0.2) is 16.9 Å². The second-order valence-electron chi connectivity index (χ2n) is 3.82. The number of hydrogen-bond acceptors (Lipinski definition) is 4. The summed E-state index contributed by atoms with van der Waals surface area (Å²) in [4.78, 5) is 8.30. The van der Waals surface area contributed by atoms with Crippen molar-refractivity contribution in [3.8, 4) is 0 Å². The summed E-state index contributed by atoms with van der Waals surface area (Å²) >= 11 is 3.30. The van der Waals surface area contributed by atoms with Crippen LogP contribution in [-0.4, -0.2) is 29.2 Å². The molecule has 0 atom stereocenters. The van der Waals surface area contributed by atoms with Gasteiger partial charge in [0, 0.05) is 26.0 Å². The number of halogens is 1. The van der Waals surface area contributed by atoms with Gasteiger partial charge in [-0.25, -0.2) is 9.97 Å². The molecule has 1 aromatic heterocycles. The molecule has 0 unspecified atom stereocenters. The van der Waals surface area contributed by atoms with Crippen LogP contribution >= 0.6 is 15.9 Å².